The maximum absolute atomic E-state index is 12.9. The zero-order chi connectivity index (χ0) is 19.1. The summed E-state index contributed by atoms with van der Waals surface area (Å²) in [5.41, 5.74) is 1.16. The van der Waals surface area contributed by atoms with Crippen molar-refractivity contribution in [1.82, 2.24) is 4.57 Å². The fourth-order valence-corrected chi connectivity index (χ4v) is 5.25. The van der Waals surface area contributed by atoms with Gasteiger partial charge < -0.3 is 18.9 Å². The molecule has 2 aliphatic rings. The number of carbonyl (C=O) groups is 1. The van der Waals surface area contributed by atoms with Crippen LogP contribution in [0.3, 0.4) is 0 Å². The lowest BCUT2D eigenvalue weighted by Crippen LogP contribution is -2.36. The van der Waals surface area contributed by atoms with Crippen molar-refractivity contribution in [2.24, 2.45) is 21.7 Å². The second-order valence-corrected chi connectivity index (χ2v) is 9.30. The molecule has 1 saturated heterocycles. The smallest absolute Gasteiger partial charge is 0.252 e. The molecule has 1 amide bonds. The van der Waals surface area contributed by atoms with Crippen LogP contribution in [0.4, 0.5) is 5.00 Å². The second-order valence-electron chi connectivity index (χ2n) is 8.35. The standard InChI is InChI=1S/C19H31N3O3S/c1-13-16(21-7-11-25-12-8-21)26-17(22(13)9-10-24-6)20-15(23)14-18(2,3)19(14,4)5/h14H,7-12H2,1-6H3. The molecule has 26 heavy (non-hydrogen) atoms. The van der Waals surface area contributed by atoms with E-state index in [0.717, 1.165) is 36.8 Å². The zero-order valence-corrected chi connectivity index (χ0v) is 17.6. The first-order valence-corrected chi connectivity index (χ1v) is 10.1. The first-order chi connectivity index (χ1) is 12.2. The van der Waals surface area contributed by atoms with Gasteiger partial charge in [0.05, 0.1) is 31.4 Å². The van der Waals surface area contributed by atoms with Gasteiger partial charge in [0.25, 0.3) is 5.91 Å². The SMILES string of the molecule is COCCn1c(C)c(N2CCOCC2)sc1=NC(=O)C1C(C)(C)C1(C)C. The molecule has 3 rings (SSSR count). The number of methoxy groups -OCH3 is 1. The third-order valence-electron chi connectivity index (χ3n) is 6.42. The first kappa shape index (κ1) is 19.6. The van der Waals surface area contributed by atoms with Gasteiger partial charge in [-0.1, -0.05) is 39.0 Å². The Bertz CT molecular complexity index is 728. The number of thiazole rings is 1. The summed E-state index contributed by atoms with van der Waals surface area (Å²) >= 11 is 1.61. The molecular weight excluding hydrogens is 350 g/mol. The maximum Gasteiger partial charge on any atom is 0.252 e. The van der Waals surface area contributed by atoms with Crippen LogP contribution in [0, 0.1) is 23.7 Å². The van der Waals surface area contributed by atoms with Gasteiger partial charge in [-0.25, -0.2) is 0 Å². The van der Waals surface area contributed by atoms with Crippen molar-refractivity contribution < 1.29 is 14.3 Å². The van der Waals surface area contributed by atoms with Crippen LogP contribution in [0.2, 0.25) is 0 Å². The largest absolute Gasteiger partial charge is 0.383 e. The Balaban J connectivity index is 1.95. The van der Waals surface area contributed by atoms with Crippen LogP contribution < -0.4 is 9.70 Å². The number of hydrogen-bond acceptors (Lipinski definition) is 5. The highest BCUT2D eigenvalue weighted by Crippen LogP contribution is 2.68. The molecule has 6 nitrogen and oxygen atoms in total. The molecule has 0 aromatic carbocycles. The lowest BCUT2D eigenvalue weighted by atomic mass is 10.0. The molecule has 0 spiro atoms. The summed E-state index contributed by atoms with van der Waals surface area (Å²) in [6, 6.07) is 0. The molecule has 1 aromatic heterocycles. The predicted molar refractivity (Wildman–Crippen MR) is 104 cm³/mol. The lowest BCUT2D eigenvalue weighted by molar-refractivity contribution is -0.120. The van der Waals surface area contributed by atoms with Gasteiger partial charge in [-0.3, -0.25) is 4.79 Å². The Morgan fingerprint density at radius 2 is 1.88 bits per heavy atom. The average molecular weight is 382 g/mol. The van der Waals surface area contributed by atoms with Crippen LogP contribution in [0.25, 0.3) is 0 Å². The molecule has 146 valence electrons. The van der Waals surface area contributed by atoms with Gasteiger partial charge in [0, 0.05) is 26.7 Å². The Morgan fingerprint density at radius 1 is 1.27 bits per heavy atom. The molecule has 0 unspecified atom stereocenters. The maximum atomic E-state index is 12.9. The molecule has 1 aliphatic heterocycles. The average Bonchev–Trinajstić information content (AvgIpc) is 2.83. The van der Waals surface area contributed by atoms with E-state index in [9.17, 15) is 4.79 Å². The van der Waals surface area contributed by atoms with E-state index in [1.54, 1.807) is 18.4 Å². The van der Waals surface area contributed by atoms with Crippen molar-refractivity contribution in [3.63, 3.8) is 0 Å². The minimum atomic E-state index is -0.0138. The lowest BCUT2D eigenvalue weighted by Gasteiger charge is -2.27. The van der Waals surface area contributed by atoms with E-state index in [-0.39, 0.29) is 22.7 Å². The summed E-state index contributed by atoms with van der Waals surface area (Å²) in [6.07, 6.45) is 0. The normalized spacial score (nSPS) is 22.7. The second kappa shape index (κ2) is 7.09. The summed E-state index contributed by atoms with van der Waals surface area (Å²) in [7, 11) is 1.70. The number of morpholine rings is 1. The molecule has 0 atom stereocenters. The predicted octanol–water partition coefficient (Wildman–Crippen LogP) is 2.45. The van der Waals surface area contributed by atoms with E-state index in [0.29, 0.717) is 13.2 Å². The molecule has 0 bridgehead atoms. The highest BCUT2D eigenvalue weighted by molar-refractivity contribution is 7.13. The van der Waals surface area contributed by atoms with Crippen LogP contribution in [-0.4, -0.2) is 50.5 Å². The summed E-state index contributed by atoms with van der Waals surface area (Å²) in [5, 5.41) is 1.19. The molecule has 2 heterocycles. The molecule has 7 heteroatoms. The number of amides is 1. The summed E-state index contributed by atoms with van der Waals surface area (Å²) < 4.78 is 12.9. The van der Waals surface area contributed by atoms with Gasteiger partial charge in [-0.15, -0.1) is 0 Å². The number of ether oxygens (including phenoxy) is 2. The summed E-state index contributed by atoms with van der Waals surface area (Å²) in [5.74, 6) is -0.0129. The fourth-order valence-electron chi connectivity index (χ4n) is 4.04. The summed E-state index contributed by atoms with van der Waals surface area (Å²) in [4.78, 5) is 20.6. The molecular formula is C19H31N3O3S. The fraction of sp³-hybridized carbons (Fsp3) is 0.789. The van der Waals surface area contributed by atoms with E-state index in [1.165, 1.54) is 5.00 Å². The number of rotatable bonds is 5. The number of anilines is 1. The quantitative estimate of drug-likeness (QED) is 0.786. The number of hydrogen-bond donors (Lipinski definition) is 0. The van der Waals surface area contributed by atoms with Gasteiger partial charge in [-0.2, -0.15) is 4.99 Å². The molecule has 0 radical (unpaired) electrons. The monoisotopic (exact) mass is 381 g/mol. The zero-order valence-electron chi connectivity index (χ0n) is 16.8. The van der Waals surface area contributed by atoms with Crippen LogP contribution in [0.1, 0.15) is 33.4 Å². The Kier molecular flexibility index (Phi) is 5.34. The van der Waals surface area contributed by atoms with Gasteiger partial charge in [0.2, 0.25) is 0 Å². The third kappa shape index (κ3) is 3.25. The molecule has 1 aliphatic carbocycles. The van der Waals surface area contributed by atoms with E-state index in [1.807, 2.05) is 0 Å². The highest BCUT2D eigenvalue weighted by atomic mass is 32.1. The van der Waals surface area contributed by atoms with E-state index < -0.39 is 0 Å². The van der Waals surface area contributed by atoms with Gasteiger partial charge >= 0.3 is 0 Å². The first-order valence-electron chi connectivity index (χ1n) is 9.32. The van der Waals surface area contributed by atoms with Crippen molar-refractivity contribution in [1.29, 1.82) is 0 Å². The van der Waals surface area contributed by atoms with E-state index in [2.05, 4.69) is 49.1 Å². The minimum Gasteiger partial charge on any atom is -0.383 e. The Hall–Kier alpha value is -1.18. The summed E-state index contributed by atoms with van der Waals surface area (Å²) in [6.45, 7) is 15.3. The number of nitrogens with zero attached hydrogens (tertiary/aromatic N) is 3. The Morgan fingerprint density at radius 3 is 2.42 bits per heavy atom. The van der Waals surface area contributed by atoms with Crippen LogP contribution >= 0.6 is 11.3 Å². The number of carbonyl (C=O) groups excluding carboxylic acids is 1. The van der Waals surface area contributed by atoms with Gasteiger partial charge in [0.1, 0.15) is 5.00 Å². The van der Waals surface area contributed by atoms with Crippen molar-refractivity contribution >= 4 is 22.2 Å². The molecule has 1 saturated carbocycles. The van der Waals surface area contributed by atoms with Crippen LogP contribution in [0.5, 0.6) is 0 Å². The number of aromatic nitrogens is 1. The highest BCUT2D eigenvalue weighted by Gasteiger charge is 2.68. The Labute approximate surface area is 159 Å². The van der Waals surface area contributed by atoms with E-state index in [4.69, 9.17) is 9.47 Å². The van der Waals surface area contributed by atoms with Gasteiger partial charge in [0.15, 0.2) is 4.80 Å². The van der Waals surface area contributed by atoms with Gasteiger partial charge in [-0.05, 0) is 17.8 Å². The van der Waals surface area contributed by atoms with Crippen molar-refractivity contribution in [3.05, 3.63) is 10.5 Å². The van der Waals surface area contributed by atoms with Crippen molar-refractivity contribution in [2.45, 2.75) is 41.2 Å². The van der Waals surface area contributed by atoms with E-state index >= 15 is 0 Å². The molecule has 1 aromatic rings. The topological polar surface area (TPSA) is 56.1 Å². The van der Waals surface area contributed by atoms with Crippen LogP contribution in [-0.2, 0) is 20.8 Å². The third-order valence-corrected chi connectivity index (χ3v) is 7.67. The minimum absolute atomic E-state index is 0.000874. The van der Waals surface area contributed by atoms with Crippen molar-refractivity contribution in [2.75, 3.05) is 44.9 Å². The molecule has 0 N–H and O–H groups in total. The van der Waals surface area contributed by atoms with Crippen molar-refractivity contribution in [3.8, 4) is 0 Å². The van der Waals surface area contributed by atoms with Crippen LogP contribution in [0.15, 0.2) is 4.99 Å². The molecule has 2 fully saturated rings.